The second-order valence-electron chi connectivity index (χ2n) is 6.09. The highest BCUT2D eigenvalue weighted by atomic mass is 32.1. The second-order valence-corrected chi connectivity index (χ2v) is 6.50. The van der Waals surface area contributed by atoms with Crippen LogP contribution in [-0.2, 0) is 9.53 Å². The lowest BCUT2D eigenvalue weighted by atomic mass is 10.1. The van der Waals surface area contributed by atoms with Crippen molar-refractivity contribution in [2.75, 3.05) is 38.2 Å². The van der Waals surface area contributed by atoms with Gasteiger partial charge in [-0.1, -0.05) is 24.3 Å². The van der Waals surface area contributed by atoms with E-state index in [2.05, 4.69) is 10.6 Å². The molecule has 2 aromatic rings. The molecular formula is C20H21N3O4S. The van der Waals surface area contributed by atoms with Crippen molar-refractivity contribution in [3.63, 3.8) is 0 Å². The summed E-state index contributed by atoms with van der Waals surface area (Å²) in [5.74, 6) is 0.172. The normalized spacial score (nSPS) is 13.5. The lowest BCUT2D eigenvalue weighted by Crippen LogP contribution is -2.40. The molecule has 7 nitrogen and oxygen atoms in total. The molecule has 0 unspecified atom stereocenters. The van der Waals surface area contributed by atoms with Crippen LogP contribution in [0.25, 0.3) is 0 Å². The molecule has 0 aliphatic carbocycles. The van der Waals surface area contributed by atoms with Crippen molar-refractivity contribution in [3.8, 4) is 5.75 Å². The number of ether oxygens (including phenoxy) is 2. The van der Waals surface area contributed by atoms with Crippen LogP contribution in [0.5, 0.6) is 5.75 Å². The molecule has 1 saturated heterocycles. The van der Waals surface area contributed by atoms with E-state index in [0.29, 0.717) is 43.3 Å². The van der Waals surface area contributed by atoms with Crippen molar-refractivity contribution in [3.05, 3.63) is 60.2 Å². The van der Waals surface area contributed by atoms with Gasteiger partial charge in [0.2, 0.25) is 0 Å². The minimum absolute atomic E-state index is 0.0573. The molecule has 2 amide bonds. The largest absolute Gasteiger partial charge is 0.484 e. The second kappa shape index (κ2) is 9.82. The topological polar surface area (TPSA) is 79.9 Å². The van der Waals surface area contributed by atoms with E-state index in [9.17, 15) is 9.59 Å². The molecule has 1 heterocycles. The Labute approximate surface area is 168 Å². The third kappa shape index (κ3) is 5.77. The minimum atomic E-state index is -0.373. The summed E-state index contributed by atoms with van der Waals surface area (Å²) in [7, 11) is 0. The monoisotopic (exact) mass is 399 g/mol. The molecular weight excluding hydrogens is 378 g/mol. The molecule has 1 aliphatic rings. The maximum atomic E-state index is 12.6. The average Bonchev–Trinajstić information content (AvgIpc) is 2.73. The predicted molar refractivity (Wildman–Crippen MR) is 109 cm³/mol. The quantitative estimate of drug-likeness (QED) is 0.750. The summed E-state index contributed by atoms with van der Waals surface area (Å²) in [5.41, 5.74) is 1.17. The Morgan fingerprint density at radius 3 is 2.57 bits per heavy atom. The van der Waals surface area contributed by atoms with Gasteiger partial charge in [0.1, 0.15) is 5.75 Å². The molecule has 3 rings (SSSR count). The minimum Gasteiger partial charge on any atom is -0.484 e. The van der Waals surface area contributed by atoms with Crippen LogP contribution in [0, 0.1) is 0 Å². The van der Waals surface area contributed by atoms with Crippen LogP contribution in [-0.4, -0.2) is 54.7 Å². The Hall–Kier alpha value is -2.97. The number of para-hydroxylation sites is 1. The summed E-state index contributed by atoms with van der Waals surface area (Å²) in [5, 5.41) is 5.61. The van der Waals surface area contributed by atoms with Crippen LogP contribution >= 0.6 is 12.2 Å². The molecule has 0 saturated carbocycles. The predicted octanol–water partition coefficient (Wildman–Crippen LogP) is 2.05. The Balaban J connectivity index is 1.51. The molecule has 28 heavy (non-hydrogen) atoms. The highest BCUT2D eigenvalue weighted by Gasteiger charge is 2.18. The smallest absolute Gasteiger partial charge is 0.264 e. The van der Waals surface area contributed by atoms with Crippen LogP contribution in [0.4, 0.5) is 5.69 Å². The number of amides is 2. The summed E-state index contributed by atoms with van der Waals surface area (Å²) >= 11 is 5.17. The number of carbonyl (C=O) groups excluding carboxylic acids is 2. The molecule has 146 valence electrons. The van der Waals surface area contributed by atoms with Crippen molar-refractivity contribution < 1.29 is 19.1 Å². The van der Waals surface area contributed by atoms with Crippen LogP contribution < -0.4 is 15.4 Å². The molecule has 0 spiro atoms. The zero-order chi connectivity index (χ0) is 19.8. The molecule has 2 aromatic carbocycles. The van der Waals surface area contributed by atoms with E-state index in [1.165, 1.54) is 0 Å². The van der Waals surface area contributed by atoms with E-state index in [4.69, 9.17) is 21.7 Å². The van der Waals surface area contributed by atoms with Gasteiger partial charge < -0.3 is 19.7 Å². The van der Waals surface area contributed by atoms with E-state index >= 15 is 0 Å². The van der Waals surface area contributed by atoms with Gasteiger partial charge in [0.25, 0.3) is 11.8 Å². The van der Waals surface area contributed by atoms with Gasteiger partial charge in [-0.25, -0.2) is 0 Å². The molecule has 2 N–H and O–H groups in total. The third-order valence-electron chi connectivity index (χ3n) is 4.03. The fourth-order valence-corrected chi connectivity index (χ4v) is 2.90. The number of benzene rings is 2. The van der Waals surface area contributed by atoms with Crippen molar-refractivity contribution in [1.29, 1.82) is 0 Å². The Kier molecular flexibility index (Phi) is 6.94. The van der Waals surface area contributed by atoms with Crippen LogP contribution in [0.2, 0.25) is 0 Å². The molecule has 0 radical (unpaired) electrons. The number of anilines is 1. The molecule has 0 atom stereocenters. The Morgan fingerprint density at radius 1 is 1.07 bits per heavy atom. The highest BCUT2D eigenvalue weighted by Crippen LogP contribution is 2.14. The zero-order valence-electron chi connectivity index (χ0n) is 15.2. The van der Waals surface area contributed by atoms with E-state index in [-0.39, 0.29) is 23.5 Å². The SMILES string of the molecule is O=C(COc1ccccc1)NC(=S)Nc1cccc(C(=O)N2CCOCC2)c1. The molecule has 1 fully saturated rings. The summed E-state index contributed by atoms with van der Waals surface area (Å²) in [6, 6.07) is 16.0. The first-order valence-electron chi connectivity index (χ1n) is 8.87. The highest BCUT2D eigenvalue weighted by molar-refractivity contribution is 7.80. The van der Waals surface area contributed by atoms with Gasteiger partial charge in [-0.05, 0) is 42.5 Å². The van der Waals surface area contributed by atoms with E-state index in [0.717, 1.165) is 0 Å². The van der Waals surface area contributed by atoms with Crippen LogP contribution in [0.3, 0.4) is 0 Å². The maximum Gasteiger partial charge on any atom is 0.264 e. The van der Waals surface area contributed by atoms with E-state index in [1.54, 1.807) is 41.3 Å². The van der Waals surface area contributed by atoms with Gasteiger partial charge in [0.05, 0.1) is 13.2 Å². The van der Waals surface area contributed by atoms with E-state index < -0.39 is 0 Å². The molecule has 0 aromatic heterocycles. The summed E-state index contributed by atoms with van der Waals surface area (Å²) < 4.78 is 10.7. The first kappa shape index (κ1) is 19.8. The lowest BCUT2D eigenvalue weighted by molar-refractivity contribution is -0.121. The fourth-order valence-electron chi connectivity index (χ4n) is 2.67. The van der Waals surface area contributed by atoms with Gasteiger partial charge >= 0.3 is 0 Å². The Bertz CT molecular complexity index is 838. The first-order chi connectivity index (χ1) is 13.6. The number of nitrogens with zero attached hydrogens (tertiary/aromatic N) is 1. The van der Waals surface area contributed by atoms with Gasteiger partial charge in [-0.15, -0.1) is 0 Å². The number of rotatable bonds is 5. The number of carbonyl (C=O) groups is 2. The van der Waals surface area contributed by atoms with Crippen molar-refractivity contribution in [2.45, 2.75) is 0 Å². The van der Waals surface area contributed by atoms with Gasteiger partial charge in [0, 0.05) is 24.3 Å². The van der Waals surface area contributed by atoms with Crippen LogP contribution in [0.1, 0.15) is 10.4 Å². The number of morpholine rings is 1. The van der Waals surface area contributed by atoms with Gasteiger partial charge in [-0.2, -0.15) is 0 Å². The number of hydrogen-bond donors (Lipinski definition) is 2. The summed E-state index contributed by atoms with van der Waals surface area (Å²) in [4.78, 5) is 26.3. The van der Waals surface area contributed by atoms with Crippen molar-refractivity contribution in [2.24, 2.45) is 0 Å². The average molecular weight is 399 g/mol. The lowest BCUT2D eigenvalue weighted by Gasteiger charge is -2.27. The van der Waals surface area contributed by atoms with Gasteiger partial charge in [0.15, 0.2) is 11.7 Å². The van der Waals surface area contributed by atoms with Gasteiger partial charge in [-0.3, -0.25) is 14.9 Å². The first-order valence-corrected chi connectivity index (χ1v) is 9.28. The summed E-state index contributed by atoms with van der Waals surface area (Å²) in [6.45, 7) is 2.09. The number of nitrogens with one attached hydrogen (secondary N) is 2. The standard InChI is InChI=1S/C20H21N3O4S/c24-18(14-27-17-7-2-1-3-8-17)22-20(28)21-16-6-4-5-15(13-16)19(25)23-9-11-26-12-10-23/h1-8,13H,9-12,14H2,(H2,21,22,24,28). The molecule has 0 bridgehead atoms. The maximum absolute atomic E-state index is 12.6. The number of hydrogen-bond acceptors (Lipinski definition) is 5. The third-order valence-corrected chi connectivity index (χ3v) is 4.24. The molecule has 8 heteroatoms. The number of thiocarbonyl (C=S) groups is 1. The van der Waals surface area contributed by atoms with Crippen molar-refractivity contribution >= 4 is 34.8 Å². The van der Waals surface area contributed by atoms with Crippen molar-refractivity contribution in [1.82, 2.24) is 10.2 Å². The van der Waals surface area contributed by atoms with E-state index in [1.807, 2.05) is 18.2 Å². The fraction of sp³-hybridized carbons (Fsp3) is 0.250. The zero-order valence-corrected chi connectivity index (χ0v) is 16.0. The molecule has 1 aliphatic heterocycles. The van der Waals surface area contributed by atoms with Crippen LogP contribution in [0.15, 0.2) is 54.6 Å². The Morgan fingerprint density at radius 2 is 1.82 bits per heavy atom. The summed E-state index contributed by atoms with van der Waals surface area (Å²) in [6.07, 6.45) is 0.